The van der Waals surface area contributed by atoms with Crippen LogP contribution in [0.4, 0.5) is 11.5 Å². The molecule has 0 spiro atoms. The van der Waals surface area contributed by atoms with Gasteiger partial charge in [-0.05, 0) is 49.2 Å². The first-order chi connectivity index (χ1) is 14.7. The Morgan fingerprint density at radius 3 is 2.40 bits per heavy atom. The molecule has 4 rings (SSSR count). The zero-order valence-corrected chi connectivity index (χ0v) is 16.7. The highest BCUT2D eigenvalue weighted by molar-refractivity contribution is 6.11. The quantitative estimate of drug-likeness (QED) is 0.654. The Labute approximate surface area is 174 Å². The molecule has 30 heavy (non-hydrogen) atoms. The highest BCUT2D eigenvalue weighted by Crippen LogP contribution is 2.24. The Balaban J connectivity index is 1.53. The van der Waals surface area contributed by atoms with Gasteiger partial charge in [0.15, 0.2) is 5.82 Å². The van der Waals surface area contributed by atoms with Crippen LogP contribution in [0, 0.1) is 0 Å². The number of aromatic nitrogens is 2. The third-order valence-corrected chi connectivity index (χ3v) is 5.07. The van der Waals surface area contributed by atoms with Crippen molar-refractivity contribution in [2.45, 2.75) is 12.8 Å². The van der Waals surface area contributed by atoms with Crippen molar-refractivity contribution in [2.75, 3.05) is 30.4 Å². The van der Waals surface area contributed by atoms with Crippen LogP contribution in [0.3, 0.4) is 0 Å². The van der Waals surface area contributed by atoms with Crippen molar-refractivity contribution in [1.82, 2.24) is 10.2 Å². The predicted octanol–water partition coefficient (Wildman–Crippen LogP) is 3.78. The number of benzene rings is 2. The van der Waals surface area contributed by atoms with E-state index < -0.39 is 5.97 Å². The van der Waals surface area contributed by atoms with Crippen LogP contribution in [-0.2, 0) is 4.74 Å². The zero-order valence-electron chi connectivity index (χ0n) is 16.7. The van der Waals surface area contributed by atoms with Gasteiger partial charge >= 0.3 is 5.97 Å². The Bertz CT molecular complexity index is 1060. The van der Waals surface area contributed by atoms with Gasteiger partial charge in [-0.25, -0.2) is 4.79 Å². The Hall–Kier alpha value is -3.74. The molecule has 7 nitrogen and oxygen atoms in total. The molecule has 0 radical (unpaired) electrons. The molecule has 1 aromatic heterocycles. The second kappa shape index (κ2) is 8.73. The summed E-state index contributed by atoms with van der Waals surface area (Å²) in [7, 11) is 1.29. The molecule has 1 fully saturated rings. The first kappa shape index (κ1) is 19.6. The van der Waals surface area contributed by atoms with Crippen molar-refractivity contribution in [3.63, 3.8) is 0 Å². The van der Waals surface area contributed by atoms with Gasteiger partial charge in [-0.15, -0.1) is 10.2 Å². The summed E-state index contributed by atoms with van der Waals surface area (Å²) in [4.78, 5) is 26.9. The molecule has 1 saturated heterocycles. The summed E-state index contributed by atoms with van der Waals surface area (Å²) in [5.74, 6) is -0.0494. The van der Waals surface area contributed by atoms with Crippen LogP contribution in [0.2, 0.25) is 0 Å². The van der Waals surface area contributed by atoms with E-state index in [0.717, 1.165) is 30.2 Å². The molecule has 1 aliphatic rings. The van der Waals surface area contributed by atoms with E-state index in [4.69, 9.17) is 4.74 Å². The number of rotatable bonds is 5. The van der Waals surface area contributed by atoms with Gasteiger partial charge in [0, 0.05) is 24.3 Å². The van der Waals surface area contributed by atoms with Gasteiger partial charge in [-0.3, -0.25) is 4.79 Å². The van der Waals surface area contributed by atoms with Crippen molar-refractivity contribution in [2.24, 2.45) is 0 Å². The molecular weight excluding hydrogens is 380 g/mol. The number of methoxy groups -OCH3 is 1. The minimum atomic E-state index is -0.553. The lowest BCUT2D eigenvalue weighted by Gasteiger charge is -2.15. The second-order valence-electron chi connectivity index (χ2n) is 7.04. The van der Waals surface area contributed by atoms with Crippen LogP contribution < -0.4 is 10.2 Å². The van der Waals surface area contributed by atoms with E-state index in [1.807, 2.05) is 30.3 Å². The maximum atomic E-state index is 12.7. The first-order valence-corrected chi connectivity index (χ1v) is 9.83. The molecule has 2 aromatic carbocycles. The number of esters is 1. The van der Waals surface area contributed by atoms with Crippen molar-refractivity contribution in [3.05, 3.63) is 71.8 Å². The smallest absolute Gasteiger partial charge is 0.338 e. The summed E-state index contributed by atoms with van der Waals surface area (Å²) in [6.07, 6.45) is 2.37. The summed E-state index contributed by atoms with van der Waals surface area (Å²) in [5, 5.41) is 11.5. The number of nitrogens with zero attached hydrogens (tertiary/aromatic N) is 3. The minimum Gasteiger partial charge on any atom is -0.465 e. The maximum absolute atomic E-state index is 12.7. The molecule has 0 aliphatic carbocycles. The van der Waals surface area contributed by atoms with Crippen LogP contribution in [0.15, 0.2) is 60.7 Å². The molecule has 152 valence electrons. The van der Waals surface area contributed by atoms with Gasteiger partial charge in [0.25, 0.3) is 5.91 Å². The van der Waals surface area contributed by atoms with Crippen molar-refractivity contribution in [1.29, 1.82) is 0 Å². The normalized spacial score (nSPS) is 13.2. The summed E-state index contributed by atoms with van der Waals surface area (Å²) >= 11 is 0. The number of carbonyl (C=O) groups is 2. The van der Waals surface area contributed by atoms with E-state index in [2.05, 4.69) is 20.4 Å². The number of anilines is 2. The third-order valence-electron chi connectivity index (χ3n) is 5.07. The molecule has 1 N–H and O–H groups in total. The predicted molar refractivity (Wildman–Crippen MR) is 115 cm³/mol. The van der Waals surface area contributed by atoms with Crippen LogP contribution >= 0.6 is 0 Å². The van der Waals surface area contributed by atoms with Crippen molar-refractivity contribution < 1.29 is 14.3 Å². The minimum absolute atomic E-state index is 0.219. The number of ether oxygens (including phenoxy) is 1. The van der Waals surface area contributed by atoms with Crippen LogP contribution in [0.25, 0.3) is 11.3 Å². The SMILES string of the molecule is COC(=O)c1ccccc1C(=O)Nc1cccc(-c2ccc(N3CCCC3)nn2)c1. The van der Waals surface area contributed by atoms with E-state index in [0.29, 0.717) is 5.69 Å². The monoisotopic (exact) mass is 402 g/mol. The van der Waals surface area contributed by atoms with E-state index in [-0.39, 0.29) is 17.0 Å². The maximum Gasteiger partial charge on any atom is 0.338 e. The fraction of sp³-hybridized carbons (Fsp3) is 0.217. The van der Waals surface area contributed by atoms with Crippen molar-refractivity contribution >= 4 is 23.4 Å². The molecule has 7 heteroatoms. The molecule has 1 amide bonds. The highest BCUT2D eigenvalue weighted by atomic mass is 16.5. The Kier molecular flexibility index (Phi) is 5.70. The van der Waals surface area contributed by atoms with E-state index >= 15 is 0 Å². The summed E-state index contributed by atoms with van der Waals surface area (Å²) in [5.41, 5.74) is 2.64. The van der Waals surface area contributed by atoms with E-state index in [9.17, 15) is 9.59 Å². The van der Waals surface area contributed by atoms with E-state index in [1.54, 1.807) is 30.3 Å². The molecule has 2 heterocycles. The lowest BCUT2D eigenvalue weighted by Crippen LogP contribution is -2.19. The van der Waals surface area contributed by atoms with Crippen molar-refractivity contribution in [3.8, 4) is 11.3 Å². The lowest BCUT2D eigenvalue weighted by molar-refractivity contribution is 0.0597. The molecule has 3 aromatic rings. The third kappa shape index (κ3) is 4.15. The number of carbonyl (C=O) groups excluding carboxylic acids is 2. The Morgan fingerprint density at radius 1 is 0.933 bits per heavy atom. The van der Waals surface area contributed by atoms with Gasteiger partial charge in [0.05, 0.1) is 23.9 Å². The lowest BCUT2D eigenvalue weighted by atomic mass is 10.1. The first-order valence-electron chi connectivity index (χ1n) is 9.83. The molecule has 1 aliphatic heterocycles. The molecule has 0 unspecified atom stereocenters. The van der Waals surface area contributed by atoms with Gasteiger partial charge in [0.2, 0.25) is 0 Å². The zero-order chi connectivity index (χ0) is 20.9. The van der Waals surface area contributed by atoms with Crippen LogP contribution in [0.5, 0.6) is 0 Å². The van der Waals surface area contributed by atoms with Crippen LogP contribution in [0.1, 0.15) is 33.6 Å². The fourth-order valence-electron chi connectivity index (χ4n) is 3.52. The van der Waals surface area contributed by atoms with Gasteiger partial charge in [0.1, 0.15) is 0 Å². The number of nitrogens with one attached hydrogen (secondary N) is 1. The standard InChI is InChI=1S/C23H22N4O3/c1-30-23(29)19-10-3-2-9-18(19)22(28)24-17-8-6-7-16(15-17)20-11-12-21(26-25-20)27-13-4-5-14-27/h2-3,6-12,15H,4-5,13-14H2,1H3,(H,24,28). The number of hydrogen-bond donors (Lipinski definition) is 1. The fourth-order valence-corrected chi connectivity index (χ4v) is 3.52. The highest BCUT2D eigenvalue weighted by Gasteiger charge is 2.17. The Morgan fingerprint density at radius 2 is 1.70 bits per heavy atom. The van der Waals surface area contributed by atoms with Gasteiger partial charge in [-0.2, -0.15) is 0 Å². The summed E-state index contributed by atoms with van der Waals surface area (Å²) in [6.45, 7) is 2.03. The molecule has 0 saturated carbocycles. The topological polar surface area (TPSA) is 84.4 Å². The molecule has 0 bridgehead atoms. The van der Waals surface area contributed by atoms with Gasteiger partial charge < -0.3 is 15.0 Å². The van der Waals surface area contributed by atoms with Crippen LogP contribution in [-0.4, -0.2) is 42.3 Å². The second-order valence-corrected chi connectivity index (χ2v) is 7.04. The summed E-state index contributed by atoms with van der Waals surface area (Å²) in [6, 6.07) is 17.8. The average Bonchev–Trinajstić information content (AvgIpc) is 3.34. The molecule has 0 atom stereocenters. The van der Waals surface area contributed by atoms with E-state index in [1.165, 1.54) is 20.0 Å². The average molecular weight is 402 g/mol. The molecular formula is C23H22N4O3. The largest absolute Gasteiger partial charge is 0.465 e. The summed E-state index contributed by atoms with van der Waals surface area (Å²) < 4.78 is 4.76. The number of hydrogen-bond acceptors (Lipinski definition) is 6. The number of amides is 1. The van der Waals surface area contributed by atoms with Gasteiger partial charge in [-0.1, -0.05) is 24.3 Å².